The molecule has 0 unspecified atom stereocenters. The SMILES string of the molecule is CCCn1c(=O)oc2cc([C@@H](C)O)ccc21. The largest absolute Gasteiger partial charge is 0.419 e. The Labute approximate surface area is 93.1 Å². The maximum Gasteiger partial charge on any atom is 0.419 e. The van der Waals surface area contributed by atoms with Gasteiger partial charge in [-0.05, 0) is 31.0 Å². The molecule has 1 atom stereocenters. The van der Waals surface area contributed by atoms with Crippen molar-refractivity contribution in [1.29, 1.82) is 0 Å². The first-order valence-electron chi connectivity index (χ1n) is 5.45. The van der Waals surface area contributed by atoms with E-state index in [-0.39, 0.29) is 5.76 Å². The van der Waals surface area contributed by atoms with E-state index < -0.39 is 6.10 Å². The minimum atomic E-state index is -0.552. The molecule has 0 aliphatic rings. The van der Waals surface area contributed by atoms with Crippen molar-refractivity contribution in [1.82, 2.24) is 4.57 Å². The van der Waals surface area contributed by atoms with Gasteiger partial charge in [-0.15, -0.1) is 0 Å². The fraction of sp³-hybridized carbons (Fsp3) is 0.417. The van der Waals surface area contributed by atoms with Crippen LogP contribution in [-0.4, -0.2) is 9.67 Å². The van der Waals surface area contributed by atoms with Gasteiger partial charge >= 0.3 is 5.76 Å². The Kier molecular flexibility index (Phi) is 2.83. The number of oxazole rings is 1. The van der Waals surface area contributed by atoms with E-state index in [2.05, 4.69) is 0 Å². The molecule has 0 amide bonds. The highest BCUT2D eigenvalue weighted by molar-refractivity contribution is 5.73. The Balaban J connectivity index is 2.60. The van der Waals surface area contributed by atoms with Crippen molar-refractivity contribution < 1.29 is 9.52 Å². The van der Waals surface area contributed by atoms with Crippen LogP contribution in [0.2, 0.25) is 0 Å². The summed E-state index contributed by atoms with van der Waals surface area (Å²) in [5, 5.41) is 9.44. The van der Waals surface area contributed by atoms with Gasteiger partial charge in [0.05, 0.1) is 11.6 Å². The lowest BCUT2D eigenvalue weighted by Gasteiger charge is -2.03. The van der Waals surface area contributed by atoms with Crippen molar-refractivity contribution in [3.63, 3.8) is 0 Å². The number of hydrogen-bond acceptors (Lipinski definition) is 3. The molecule has 0 radical (unpaired) electrons. The summed E-state index contributed by atoms with van der Waals surface area (Å²) in [6, 6.07) is 5.35. The van der Waals surface area contributed by atoms with Crippen LogP contribution in [0, 0.1) is 0 Å². The summed E-state index contributed by atoms with van der Waals surface area (Å²) >= 11 is 0. The minimum absolute atomic E-state index is 0.334. The molecule has 4 nitrogen and oxygen atoms in total. The van der Waals surface area contributed by atoms with Gasteiger partial charge in [-0.2, -0.15) is 0 Å². The third-order valence-electron chi connectivity index (χ3n) is 2.62. The maximum absolute atomic E-state index is 11.5. The van der Waals surface area contributed by atoms with Crippen LogP contribution in [-0.2, 0) is 6.54 Å². The molecule has 0 spiro atoms. The normalized spacial score (nSPS) is 13.2. The van der Waals surface area contributed by atoms with Gasteiger partial charge in [0, 0.05) is 6.54 Å². The van der Waals surface area contributed by atoms with Gasteiger partial charge in [-0.3, -0.25) is 4.57 Å². The molecule has 1 heterocycles. The van der Waals surface area contributed by atoms with Crippen LogP contribution in [0.5, 0.6) is 0 Å². The fourth-order valence-corrected chi connectivity index (χ4v) is 1.78. The molecule has 1 N–H and O–H groups in total. The Bertz CT molecular complexity index is 551. The van der Waals surface area contributed by atoms with E-state index in [1.807, 2.05) is 19.1 Å². The summed E-state index contributed by atoms with van der Waals surface area (Å²) in [5.41, 5.74) is 2.08. The summed E-state index contributed by atoms with van der Waals surface area (Å²) in [7, 11) is 0. The quantitative estimate of drug-likeness (QED) is 0.863. The predicted molar refractivity (Wildman–Crippen MR) is 61.4 cm³/mol. The van der Waals surface area contributed by atoms with E-state index in [9.17, 15) is 9.90 Å². The molecule has 0 saturated heterocycles. The molecule has 1 aromatic carbocycles. The van der Waals surface area contributed by atoms with Gasteiger partial charge < -0.3 is 9.52 Å². The molecule has 2 rings (SSSR count). The Morgan fingerprint density at radius 3 is 2.88 bits per heavy atom. The molecular weight excluding hydrogens is 206 g/mol. The molecule has 86 valence electrons. The average molecular weight is 221 g/mol. The van der Waals surface area contributed by atoms with E-state index in [0.29, 0.717) is 12.1 Å². The monoisotopic (exact) mass is 221 g/mol. The van der Waals surface area contributed by atoms with Crippen LogP contribution in [0.3, 0.4) is 0 Å². The molecule has 0 aliphatic carbocycles. The summed E-state index contributed by atoms with van der Waals surface area (Å²) in [6.07, 6.45) is 0.330. The van der Waals surface area contributed by atoms with E-state index >= 15 is 0 Å². The molecule has 1 aromatic heterocycles. The predicted octanol–water partition coefficient (Wildman–Crippen LogP) is 2.06. The number of aliphatic hydroxyl groups is 1. The number of hydrogen-bond donors (Lipinski definition) is 1. The van der Waals surface area contributed by atoms with Gasteiger partial charge in [0.15, 0.2) is 5.58 Å². The number of aryl methyl sites for hydroxylation is 1. The molecule has 0 fully saturated rings. The first kappa shape index (κ1) is 11.0. The summed E-state index contributed by atoms with van der Waals surface area (Å²) < 4.78 is 6.75. The second-order valence-corrected chi connectivity index (χ2v) is 3.92. The average Bonchev–Trinajstić information content (AvgIpc) is 2.55. The standard InChI is InChI=1S/C12H15NO3/c1-3-6-13-10-5-4-9(8(2)14)7-11(10)16-12(13)15/h4-5,7-8,14H,3,6H2,1-2H3/t8-/m1/s1. The zero-order valence-corrected chi connectivity index (χ0v) is 9.43. The lowest BCUT2D eigenvalue weighted by molar-refractivity contribution is 0.199. The zero-order chi connectivity index (χ0) is 11.7. The van der Waals surface area contributed by atoms with E-state index in [0.717, 1.165) is 17.5 Å². The first-order chi connectivity index (χ1) is 7.63. The van der Waals surface area contributed by atoms with Crippen LogP contribution < -0.4 is 5.76 Å². The second-order valence-electron chi connectivity index (χ2n) is 3.92. The minimum Gasteiger partial charge on any atom is -0.408 e. The van der Waals surface area contributed by atoms with Crippen LogP contribution in [0.15, 0.2) is 27.4 Å². The van der Waals surface area contributed by atoms with Crippen LogP contribution >= 0.6 is 0 Å². The highest BCUT2D eigenvalue weighted by atomic mass is 16.4. The molecule has 0 aliphatic heterocycles. The molecule has 0 bridgehead atoms. The highest BCUT2D eigenvalue weighted by Crippen LogP contribution is 2.19. The summed E-state index contributed by atoms with van der Waals surface area (Å²) in [4.78, 5) is 11.5. The molecule has 2 aromatic rings. The van der Waals surface area contributed by atoms with E-state index in [4.69, 9.17) is 4.42 Å². The topological polar surface area (TPSA) is 55.4 Å². The molecular formula is C12H15NO3. The third-order valence-corrected chi connectivity index (χ3v) is 2.62. The van der Waals surface area contributed by atoms with Crippen molar-refractivity contribution in [2.45, 2.75) is 32.9 Å². The Morgan fingerprint density at radius 1 is 1.50 bits per heavy atom. The highest BCUT2D eigenvalue weighted by Gasteiger charge is 2.10. The van der Waals surface area contributed by atoms with Crippen molar-refractivity contribution in [2.75, 3.05) is 0 Å². The zero-order valence-electron chi connectivity index (χ0n) is 9.43. The maximum atomic E-state index is 11.5. The van der Waals surface area contributed by atoms with E-state index in [1.54, 1.807) is 17.6 Å². The van der Waals surface area contributed by atoms with Gasteiger partial charge in [0.1, 0.15) is 0 Å². The number of rotatable bonds is 3. The molecule has 0 saturated carbocycles. The van der Waals surface area contributed by atoms with Gasteiger partial charge in [-0.1, -0.05) is 13.0 Å². The van der Waals surface area contributed by atoms with Crippen molar-refractivity contribution >= 4 is 11.1 Å². The fourth-order valence-electron chi connectivity index (χ4n) is 1.78. The third kappa shape index (κ3) is 1.76. The number of fused-ring (bicyclic) bond motifs is 1. The van der Waals surface area contributed by atoms with Crippen LogP contribution in [0.4, 0.5) is 0 Å². The molecule has 4 heteroatoms. The van der Waals surface area contributed by atoms with Gasteiger partial charge in [0.2, 0.25) is 0 Å². The van der Waals surface area contributed by atoms with Gasteiger partial charge in [-0.25, -0.2) is 4.79 Å². The van der Waals surface area contributed by atoms with Crippen LogP contribution in [0.1, 0.15) is 31.9 Å². The number of aromatic nitrogens is 1. The van der Waals surface area contributed by atoms with E-state index in [1.165, 1.54) is 0 Å². The van der Waals surface area contributed by atoms with Crippen molar-refractivity contribution in [3.8, 4) is 0 Å². The van der Waals surface area contributed by atoms with Crippen molar-refractivity contribution in [2.24, 2.45) is 0 Å². The lowest BCUT2D eigenvalue weighted by Crippen LogP contribution is -2.13. The lowest BCUT2D eigenvalue weighted by atomic mass is 10.1. The van der Waals surface area contributed by atoms with Crippen molar-refractivity contribution in [3.05, 3.63) is 34.3 Å². The van der Waals surface area contributed by atoms with Gasteiger partial charge in [0.25, 0.3) is 0 Å². The number of benzene rings is 1. The van der Waals surface area contributed by atoms with Crippen LogP contribution in [0.25, 0.3) is 11.1 Å². The Morgan fingerprint density at radius 2 is 2.25 bits per heavy atom. The summed E-state index contributed by atoms with van der Waals surface area (Å²) in [6.45, 7) is 4.34. The first-order valence-corrected chi connectivity index (χ1v) is 5.45. The number of nitrogens with zero attached hydrogens (tertiary/aromatic N) is 1. The number of aliphatic hydroxyl groups excluding tert-OH is 1. The Hall–Kier alpha value is -1.55. The second kappa shape index (κ2) is 4.14. The smallest absolute Gasteiger partial charge is 0.408 e. The molecule has 16 heavy (non-hydrogen) atoms. The summed E-state index contributed by atoms with van der Waals surface area (Å²) in [5.74, 6) is -0.334.